The van der Waals surface area contributed by atoms with Gasteiger partial charge in [0.15, 0.2) is 5.69 Å². The summed E-state index contributed by atoms with van der Waals surface area (Å²) in [7, 11) is 0. The summed E-state index contributed by atoms with van der Waals surface area (Å²) in [6, 6.07) is 12.4. The first-order chi connectivity index (χ1) is 13.3. The number of nitrogens with zero attached hydrogens (tertiary/aromatic N) is 3. The van der Waals surface area contributed by atoms with Crippen molar-refractivity contribution in [3.63, 3.8) is 0 Å². The Bertz CT molecular complexity index is 1010. The van der Waals surface area contributed by atoms with Gasteiger partial charge in [0.25, 0.3) is 11.8 Å². The number of nitrogens with one attached hydrogen (secondary N) is 2. The zero-order chi connectivity index (χ0) is 20.3. The van der Waals surface area contributed by atoms with Crippen molar-refractivity contribution in [2.45, 2.75) is 26.8 Å². The van der Waals surface area contributed by atoms with E-state index in [1.807, 2.05) is 45.0 Å². The average Bonchev–Trinajstić information content (AvgIpc) is 3.13. The van der Waals surface area contributed by atoms with Crippen LogP contribution in [0.4, 0.5) is 5.69 Å². The molecule has 1 heterocycles. The summed E-state index contributed by atoms with van der Waals surface area (Å²) in [6.07, 6.45) is 1.53. The first-order valence-corrected chi connectivity index (χ1v) is 9.12. The highest BCUT2D eigenvalue weighted by molar-refractivity contribution is 6.34. The first kappa shape index (κ1) is 19.6. The van der Waals surface area contributed by atoms with E-state index in [0.717, 1.165) is 11.3 Å². The van der Waals surface area contributed by atoms with Gasteiger partial charge in [-0.2, -0.15) is 0 Å². The van der Waals surface area contributed by atoms with E-state index in [1.165, 1.54) is 16.9 Å². The van der Waals surface area contributed by atoms with Crippen molar-refractivity contribution in [2.24, 2.45) is 0 Å². The zero-order valence-electron chi connectivity index (χ0n) is 15.7. The molecule has 2 aromatic carbocycles. The average molecular weight is 398 g/mol. The van der Waals surface area contributed by atoms with E-state index >= 15 is 0 Å². The third kappa shape index (κ3) is 4.55. The second-order valence-electron chi connectivity index (χ2n) is 6.66. The largest absolute Gasteiger partial charge is 0.350 e. The second-order valence-corrected chi connectivity index (χ2v) is 7.07. The smallest absolute Gasteiger partial charge is 0.277 e. The number of benzene rings is 2. The van der Waals surface area contributed by atoms with Crippen LogP contribution in [-0.2, 0) is 0 Å². The molecule has 28 heavy (non-hydrogen) atoms. The van der Waals surface area contributed by atoms with Gasteiger partial charge in [-0.1, -0.05) is 34.5 Å². The Hall–Kier alpha value is -3.19. The van der Waals surface area contributed by atoms with Crippen LogP contribution in [0.2, 0.25) is 5.02 Å². The molecule has 144 valence electrons. The number of carbonyl (C=O) groups is 2. The highest BCUT2D eigenvalue weighted by atomic mass is 35.5. The van der Waals surface area contributed by atoms with Crippen molar-refractivity contribution in [1.82, 2.24) is 20.3 Å². The Balaban J connectivity index is 1.78. The van der Waals surface area contributed by atoms with Gasteiger partial charge in [-0.15, -0.1) is 5.10 Å². The van der Waals surface area contributed by atoms with Crippen LogP contribution in [0.3, 0.4) is 0 Å². The molecule has 0 atom stereocenters. The molecule has 0 fully saturated rings. The molecule has 3 aromatic rings. The minimum absolute atomic E-state index is 0.00182. The highest BCUT2D eigenvalue weighted by Gasteiger charge is 2.15. The van der Waals surface area contributed by atoms with E-state index in [9.17, 15) is 9.59 Å². The van der Waals surface area contributed by atoms with Gasteiger partial charge in [0.2, 0.25) is 0 Å². The fourth-order valence-electron chi connectivity index (χ4n) is 2.49. The topological polar surface area (TPSA) is 88.9 Å². The maximum Gasteiger partial charge on any atom is 0.277 e. The molecular weight excluding hydrogens is 378 g/mol. The molecule has 0 unspecified atom stereocenters. The van der Waals surface area contributed by atoms with Gasteiger partial charge in [-0.25, -0.2) is 4.68 Å². The van der Waals surface area contributed by atoms with Gasteiger partial charge in [-0.3, -0.25) is 9.59 Å². The maximum absolute atomic E-state index is 12.5. The number of amides is 2. The number of rotatable bonds is 5. The normalized spacial score (nSPS) is 10.8. The van der Waals surface area contributed by atoms with Crippen molar-refractivity contribution in [2.75, 3.05) is 5.32 Å². The lowest BCUT2D eigenvalue weighted by atomic mass is 10.1. The second kappa shape index (κ2) is 8.22. The summed E-state index contributed by atoms with van der Waals surface area (Å²) in [5, 5.41) is 13.7. The standard InChI is InChI=1S/C20H20ClN5O2/c1-12(2)22-19(27)14-6-9-16(21)17(10-14)23-20(28)18-11-26(25-24-18)15-7-4-13(3)5-8-15/h4-12H,1-3H3,(H,22,27)(H,23,28). The summed E-state index contributed by atoms with van der Waals surface area (Å²) >= 11 is 6.17. The molecule has 3 rings (SSSR count). The number of hydrogen-bond acceptors (Lipinski definition) is 4. The summed E-state index contributed by atoms with van der Waals surface area (Å²) in [5.74, 6) is -0.714. The van der Waals surface area contributed by atoms with E-state index in [2.05, 4.69) is 20.9 Å². The molecule has 0 aliphatic carbocycles. The Morgan fingerprint density at radius 2 is 1.79 bits per heavy atom. The predicted octanol–water partition coefficient (Wildman–Crippen LogP) is 3.62. The van der Waals surface area contributed by atoms with Crippen molar-refractivity contribution >= 4 is 29.1 Å². The van der Waals surface area contributed by atoms with E-state index in [1.54, 1.807) is 12.1 Å². The highest BCUT2D eigenvalue weighted by Crippen LogP contribution is 2.24. The summed E-state index contributed by atoms with van der Waals surface area (Å²) in [5.41, 5.74) is 2.78. The van der Waals surface area contributed by atoms with Crippen LogP contribution in [0.15, 0.2) is 48.7 Å². The number of aromatic nitrogens is 3. The van der Waals surface area contributed by atoms with Crippen molar-refractivity contribution in [3.8, 4) is 5.69 Å². The lowest BCUT2D eigenvalue weighted by molar-refractivity contribution is 0.0941. The first-order valence-electron chi connectivity index (χ1n) is 8.74. The monoisotopic (exact) mass is 397 g/mol. The molecule has 0 saturated carbocycles. The molecule has 0 radical (unpaired) electrons. The van der Waals surface area contributed by atoms with Crippen molar-refractivity contribution in [1.29, 1.82) is 0 Å². The molecule has 0 aliphatic rings. The molecule has 0 spiro atoms. The van der Waals surface area contributed by atoms with Gasteiger partial charge >= 0.3 is 0 Å². The predicted molar refractivity (Wildman–Crippen MR) is 108 cm³/mol. The maximum atomic E-state index is 12.5. The van der Waals surface area contributed by atoms with E-state index in [-0.39, 0.29) is 17.6 Å². The summed E-state index contributed by atoms with van der Waals surface area (Å²) in [4.78, 5) is 24.7. The van der Waals surface area contributed by atoms with Gasteiger partial charge in [0.1, 0.15) is 0 Å². The molecule has 2 amide bonds. The van der Waals surface area contributed by atoms with Crippen LogP contribution in [0.5, 0.6) is 0 Å². The molecule has 2 N–H and O–H groups in total. The molecular formula is C20H20ClN5O2. The van der Waals surface area contributed by atoms with Crippen LogP contribution in [0, 0.1) is 6.92 Å². The molecule has 8 heteroatoms. The molecule has 0 saturated heterocycles. The minimum Gasteiger partial charge on any atom is -0.350 e. The van der Waals surface area contributed by atoms with Crippen molar-refractivity contribution < 1.29 is 9.59 Å². The van der Waals surface area contributed by atoms with Gasteiger partial charge in [0.05, 0.1) is 22.6 Å². The van der Waals surface area contributed by atoms with Crippen LogP contribution < -0.4 is 10.6 Å². The van der Waals surface area contributed by atoms with E-state index < -0.39 is 5.91 Å². The lowest BCUT2D eigenvalue weighted by Crippen LogP contribution is -2.30. The fourth-order valence-corrected chi connectivity index (χ4v) is 2.65. The Morgan fingerprint density at radius 3 is 2.46 bits per heavy atom. The fraction of sp³-hybridized carbons (Fsp3) is 0.200. The Kier molecular flexibility index (Phi) is 5.75. The number of aryl methyl sites for hydroxylation is 1. The van der Waals surface area contributed by atoms with Crippen molar-refractivity contribution in [3.05, 3.63) is 70.5 Å². The number of anilines is 1. The quantitative estimate of drug-likeness (QED) is 0.688. The van der Waals surface area contributed by atoms with E-state index in [0.29, 0.717) is 16.3 Å². The van der Waals surface area contributed by atoms with Gasteiger partial charge in [-0.05, 0) is 51.1 Å². The van der Waals surface area contributed by atoms with Crippen LogP contribution in [-0.4, -0.2) is 32.9 Å². The van der Waals surface area contributed by atoms with Gasteiger partial charge in [0, 0.05) is 11.6 Å². The zero-order valence-corrected chi connectivity index (χ0v) is 16.5. The minimum atomic E-state index is -0.471. The van der Waals surface area contributed by atoms with Gasteiger partial charge < -0.3 is 10.6 Å². The number of hydrogen-bond donors (Lipinski definition) is 2. The number of halogens is 1. The summed E-state index contributed by atoms with van der Waals surface area (Å²) in [6.45, 7) is 5.73. The third-order valence-corrected chi connectivity index (χ3v) is 4.25. The van der Waals surface area contributed by atoms with Crippen LogP contribution in [0.25, 0.3) is 5.69 Å². The van der Waals surface area contributed by atoms with E-state index in [4.69, 9.17) is 11.6 Å². The van der Waals surface area contributed by atoms with Crippen LogP contribution in [0.1, 0.15) is 40.3 Å². The summed E-state index contributed by atoms with van der Waals surface area (Å²) < 4.78 is 1.52. The Labute approximate surface area is 167 Å². The molecule has 0 aliphatic heterocycles. The molecule has 0 bridgehead atoms. The van der Waals surface area contributed by atoms with Crippen LogP contribution >= 0.6 is 11.6 Å². The third-order valence-electron chi connectivity index (χ3n) is 3.92. The molecule has 7 nitrogen and oxygen atoms in total. The molecule has 1 aromatic heterocycles. The number of carbonyl (C=O) groups excluding carboxylic acids is 2. The lowest BCUT2D eigenvalue weighted by Gasteiger charge is -2.11. The SMILES string of the molecule is Cc1ccc(-n2cc(C(=O)Nc3cc(C(=O)NC(C)C)ccc3Cl)nn2)cc1. The Morgan fingerprint density at radius 1 is 1.07 bits per heavy atom.